The molecule has 0 saturated carbocycles. The van der Waals surface area contributed by atoms with Crippen molar-refractivity contribution >= 4 is 33.4 Å². The van der Waals surface area contributed by atoms with Crippen LogP contribution >= 0.6 is 0 Å². The molecule has 136 valence electrons. The van der Waals surface area contributed by atoms with E-state index in [1.165, 1.54) is 11.1 Å². The zero-order valence-corrected chi connectivity index (χ0v) is 16.3. The van der Waals surface area contributed by atoms with Crippen LogP contribution in [0, 0.1) is 13.8 Å². The predicted octanol–water partition coefficient (Wildman–Crippen LogP) is 4.76. The van der Waals surface area contributed by atoms with Gasteiger partial charge in [-0.1, -0.05) is 18.2 Å². The lowest BCUT2D eigenvalue weighted by atomic mass is 10.1. The van der Waals surface area contributed by atoms with Gasteiger partial charge in [-0.25, -0.2) is 4.98 Å². The first kappa shape index (κ1) is 17.3. The van der Waals surface area contributed by atoms with Crippen LogP contribution in [0.3, 0.4) is 0 Å². The molecule has 1 aromatic heterocycles. The molecule has 0 spiro atoms. The topological polar surface area (TPSA) is 40.8 Å². The molecule has 0 fully saturated rings. The van der Waals surface area contributed by atoms with Gasteiger partial charge in [0, 0.05) is 49.2 Å². The van der Waals surface area contributed by atoms with E-state index < -0.39 is 0 Å². The number of anilines is 2. The van der Waals surface area contributed by atoms with Gasteiger partial charge in [-0.15, -0.1) is 4.57 Å². The first-order valence-electron chi connectivity index (χ1n) is 9.40. The molecule has 2 N–H and O–H groups in total. The molecule has 0 aliphatic rings. The number of fused-ring (bicyclic) bond motifs is 2. The Balaban J connectivity index is 2.17. The molecule has 0 bridgehead atoms. The van der Waals surface area contributed by atoms with E-state index in [0.717, 1.165) is 45.7 Å². The molecular formula is C23H25N4+. The number of hydrogen-bond donors (Lipinski definition) is 2. The van der Waals surface area contributed by atoms with Crippen LogP contribution < -0.4 is 15.2 Å². The summed E-state index contributed by atoms with van der Waals surface area (Å²) >= 11 is 0. The molecule has 0 unspecified atom stereocenters. The van der Waals surface area contributed by atoms with Crippen molar-refractivity contribution in [3.63, 3.8) is 0 Å². The van der Waals surface area contributed by atoms with Gasteiger partial charge in [0.1, 0.15) is 11.0 Å². The zero-order chi connectivity index (χ0) is 19.0. The first-order valence-corrected chi connectivity index (χ1v) is 9.40. The van der Waals surface area contributed by atoms with Crippen LogP contribution in [0.15, 0.2) is 54.6 Å². The van der Waals surface area contributed by atoms with E-state index in [1.807, 2.05) is 13.1 Å². The van der Waals surface area contributed by atoms with Gasteiger partial charge in [0.25, 0.3) is 0 Å². The molecule has 3 aromatic carbocycles. The molecule has 4 heteroatoms. The highest BCUT2D eigenvalue weighted by molar-refractivity contribution is 5.87. The number of nitrogens with one attached hydrogen (secondary N) is 2. The average molecular weight is 357 g/mol. The molecule has 1 heterocycles. The van der Waals surface area contributed by atoms with Crippen molar-refractivity contribution in [2.75, 3.05) is 24.2 Å². The molecule has 0 radical (unpaired) electrons. The Morgan fingerprint density at radius 1 is 0.852 bits per heavy atom. The highest BCUT2D eigenvalue weighted by Gasteiger charge is 2.21. The largest absolute Gasteiger partial charge is 0.388 e. The van der Waals surface area contributed by atoms with Gasteiger partial charge in [-0.05, 0) is 44.0 Å². The summed E-state index contributed by atoms with van der Waals surface area (Å²) in [5.41, 5.74) is 9.99. The lowest BCUT2D eigenvalue weighted by molar-refractivity contribution is -0.538. The van der Waals surface area contributed by atoms with E-state index in [1.54, 1.807) is 0 Å². The molecule has 0 amide bonds. The maximum absolute atomic E-state index is 4.99. The van der Waals surface area contributed by atoms with Gasteiger partial charge >= 0.3 is 0 Å². The lowest BCUT2D eigenvalue weighted by Crippen LogP contribution is -2.33. The third-order valence-corrected chi connectivity index (χ3v) is 5.02. The van der Waals surface area contributed by atoms with Crippen LogP contribution in [0.5, 0.6) is 0 Å². The van der Waals surface area contributed by atoms with E-state index >= 15 is 0 Å². The van der Waals surface area contributed by atoms with Gasteiger partial charge in [0.2, 0.25) is 16.7 Å². The monoisotopic (exact) mass is 357 g/mol. The summed E-state index contributed by atoms with van der Waals surface area (Å²) in [7, 11) is 1.96. The van der Waals surface area contributed by atoms with Gasteiger partial charge < -0.3 is 10.6 Å². The number of aryl methyl sites for hydroxylation is 2. The minimum Gasteiger partial charge on any atom is -0.388 e. The molecule has 27 heavy (non-hydrogen) atoms. The summed E-state index contributed by atoms with van der Waals surface area (Å²) in [6, 6.07) is 19.2. The third-order valence-electron chi connectivity index (χ3n) is 5.02. The zero-order valence-electron chi connectivity index (χ0n) is 16.3. The Hall–Kier alpha value is -3.14. The SMILES string of the molecule is CCNc1cc2c(cc1C)nc1cc(C)c(NC)cc1[n+]2-c1ccccc1. The molecule has 0 aliphatic carbocycles. The van der Waals surface area contributed by atoms with Gasteiger partial charge in [0.05, 0.1) is 0 Å². The number of hydrogen-bond acceptors (Lipinski definition) is 3. The minimum absolute atomic E-state index is 0.891. The van der Waals surface area contributed by atoms with Crippen molar-refractivity contribution in [1.29, 1.82) is 0 Å². The predicted molar refractivity (Wildman–Crippen MR) is 114 cm³/mol. The Kier molecular flexibility index (Phi) is 4.40. The smallest absolute Gasteiger partial charge is 0.239 e. The molecule has 4 aromatic rings. The standard InChI is InChI=1S/C23H24N4/c1-5-25-19-14-23-21(12-16(19)3)26-20-11-15(2)18(24-4)13-22(20)27(23)17-9-7-6-8-10-17/h6-14H,5H2,1-4H3,(H,24,25)/p+1. The highest BCUT2D eigenvalue weighted by Crippen LogP contribution is 2.26. The summed E-state index contributed by atoms with van der Waals surface area (Å²) in [4.78, 5) is 4.99. The summed E-state index contributed by atoms with van der Waals surface area (Å²) in [6.07, 6.45) is 0. The Morgan fingerprint density at radius 3 is 2.04 bits per heavy atom. The van der Waals surface area contributed by atoms with Crippen molar-refractivity contribution in [3.05, 3.63) is 65.7 Å². The maximum Gasteiger partial charge on any atom is 0.239 e. The fraction of sp³-hybridized carbons (Fsp3) is 0.217. The van der Waals surface area contributed by atoms with E-state index in [4.69, 9.17) is 4.98 Å². The minimum atomic E-state index is 0.891. The van der Waals surface area contributed by atoms with Crippen molar-refractivity contribution in [2.24, 2.45) is 0 Å². The van der Waals surface area contributed by atoms with Crippen LogP contribution in [0.1, 0.15) is 18.1 Å². The quantitative estimate of drug-likeness (QED) is 0.409. The Morgan fingerprint density at radius 2 is 1.44 bits per heavy atom. The van der Waals surface area contributed by atoms with Gasteiger partial charge in [-0.2, -0.15) is 0 Å². The Labute approximate surface area is 159 Å². The van der Waals surface area contributed by atoms with Crippen molar-refractivity contribution in [2.45, 2.75) is 20.8 Å². The number of aromatic nitrogens is 2. The van der Waals surface area contributed by atoms with Crippen LogP contribution in [-0.2, 0) is 0 Å². The number of rotatable bonds is 4. The summed E-state index contributed by atoms with van der Waals surface area (Å²) < 4.78 is 2.30. The number of benzene rings is 3. The molecule has 0 aliphatic heterocycles. The third kappa shape index (κ3) is 2.97. The summed E-state index contributed by atoms with van der Waals surface area (Å²) in [5, 5.41) is 6.77. The van der Waals surface area contributed by atoms with E-state index in [0.29, 0.717) is 0 Å². The van der Waals surface area contributed by atoms with Crippen LogP contribution in [0.2, 0.25) is 0 Å². The molecular weight excluding hydrogens is 332 g/mol. The summed E-state index contributed by atoms with van der Waals surface area (Å²) in [5.74, 6) is 0. The normalized spacial score (nSPS) is 11.1. The second-order valence-electron chi connectivity index (χ2n) is 6.87. The first-order chi connectivity index (χ1) is 13.1. The van der Waals surface area contributed by atoms with Crippen LogP contribution in [0.25, 0.3) is 27.8 Å². The Bertz CT molecular complexity index is 1130. The average Bonchev–Trinajstić information content (AvgIpc) is 2.67. The number of nitrogens with zero attached hydrogens (tertiary/aromatic N) is 2. The number of para-hydroxylation sites is 1. The molecule has 0 atom stereocenters. The van der Waals surface area contributed by atoms with Gasteiger partial charge in [0.15, 0.2) is 0 Å². The molecule has 4 rings (SSSR count). The van der Waals surface area contributed by atoms with E-state index in [-0.39, 0.29) is 0 Å². The van der Waals surface area contributed by atoms with E-state index in [2.05, 4.69) is 84.5 Å². The van der Waals surface area contributed by atoms with Gasteiger partial charge in [-0.3, -0.25) is 0 Å². The summed E-state index contributed by atoms with van der Waals surface area (Å²) in [6.45, 7) is 7.26. The van der Waals surface area contributed by atoms with Crippen LogP contribution in [0.4, 0.5) is 11.4 Å². The maximum atomic E-state index is 4.99. The van der Waals surface area contributed by atoms with Crippen molar-refractivity contribution < 1.29 is 4.57 Å². The van der Waals surface area contributed by atoms with Crippen molar-refractivity contribution in [1.82, 2.24) is 4.98 Å². The lowest BCUT2D eigenvalue weighted by Gasteiger charge is -2.12. The second-order valence-corrected chi connectivity index (χ2v) is 6.87. The van der Waals surface area contributed by atoms with Crippen molar-refractivity contribution in [3.8, 4) is 5.69 Å². The van der Waals surface area contributed by atoms with Crippen LogP contribution in [-0.4, -0.2) is 18.6 Å². The molecule has 0 saturated heterocycles. The molecule has 4 nitrogen and oxygen atoms in total. The van der Waals surface area contributed by atoms with E-state index in [9.17, 15) is 0 Å². The highest BCUT2D eigenvalue weighted by atomic mass is 15.0. The fourth-order valence-corrected chi connectivity index (χ4v) is 3.66. The second kappa shape index (κ2) is 6.88. The fourth-order valence-electron chi connectivity index (χ4n) is 3.66.